The van der Waals surface area contributed by atoms with Crippen LogP contribution in [0.3, 0.4) is 0 Å². The lowest BCUT2D eigenvalue weighted by molar-refractivity contribution is 0.0342. The fraction of sp³-hybridized carbons (Fsp3) is 0.438. The second kappa shape index (κ2) is 5.28. The van der Waals surface area contributed by atoms with Crippen LogP contribution >= 0.6 is 11.3 Å². The van der Waals surface area contributed by atoms with E-state index < -0.39 is 0 Å². The van der Waals surface area contributed by atoms with Gasteiger partial charge in [-0.2, -0.15) is 0 Å². The summed E-state index contributed by atoms with van der Waals surface area (Å²) in [6, 6.07) is 8.70. The monoisotopic (exact) mass is 286 g/mol. The van der Waals surface area contributed by atoms with Crippen molar-refractivity contribution in [3.05, 3.63) is 39.7 Å². The Kier molecular flexibility index (Phi) is 3.30. The molecule has 0 amide bonds. The molecule has 0 atom stereocenters. The lowest BCUT2D eigenvalue weighted by Crippen LogP contribution is -2.35. The number of aromatic nitrogens is 1. The second-order valence-electron chi connectivity index (χ2n) is 5.43. The molecule has 0 saturated carbocycles. The Hall–Kier alpha value is -1.23. The molecule has 0 spiro atoms. The average molecular weight is 286 g/mol. The highest BCUT2D eigenvalue weighted by Gasteiger charge is 2.21. The fourth-order valence-electron chi connectivity index (χ4n) is 3.02. The van der Waals surface area contributed by atoms with Crippen molar-refractivity contribution in [2.24, 2.45) is 0 Å². The second-order valence-corrected chi connectivity index (χ2v) is 6.59. The molecule has 2 heterocycles. The summed E-state index contributed by atoms with van der Waals surface area (Å²) in [6.45, 7) is 4.74. The van der Waals surface area contributed by atoms with E-state index in [4.69, 9.17) is 9.72 Å². The minimum atomic E-state index is 0.855. The molecule has 104 valence electrons. The Morgan fingerprint density at radius 2 is 2.00 bits per heavy atom. The minimum Gasteiger partial charge on any atom is -0.379 e. The van der Waals surface area contributed by atoms with E-state index in [2.05, 4.69) is 29.2 Å². The topological polar surface area (TPSA) is 25.4 Å². The number of rotatable bonds is 2. The molecule has 0 bridgehead atoms. The highest BCUT2D eigenvalue weighted by Crippen LogP contribution is 2.36. The van der Waals surface area contributed by atoms with Gasteiger partial charge in [0, 0.05) is 23.5 Å². The lowest BCUT2D eigenvalue weighted by atomic mass is 9.94. The molecule has 3 nitrogen and oxygen atoms in total. The molecular weight excluding hydrogens is 268 g/mol. The first-order valence-electron chi connectivity index (χ1n) is 7.27. The van der Waals surface area contributed by atoms with E-state index in [0.717, 1.165) is 45.7 Å². The van der Waals surface area contributed by atoms with Gasteiger partial charge in [0.05, 0.1) is 25.5 Å². The molecule has 4 rings (SSSR count). The molecule has 1 aromatic carbocycles. The van der Waals surface area contributed by atoms with Crippen molar-refractivity contribution in [1.29, 1.82) is 0 Å². The third-order valence-electron chi connectivity index (χ3n) is 4.10. The van der Waals surface area contributed by atoms with Gasteiger partial charge in [-0.3, -0.25) is 4.90 Å². The van der Waals surface area contributed by atoms with Crippen LogP contribution in [-0.4, -0.2) is 36.2 Å². The summed E-state index contributed by atoms with van der Waals surface area (Å²) in [4.78, 5) is 8.83. The molecule has 1 aromatic heterocycles. The molecule has 0 radical (unpaired) electrons. The molecular formula is C16H18N2OS. The van der Waals surface area contributed by atoms with E-state index in [1.54, 1.807) is 0 Å². The Morgan fingerprint density at radius 3 is 2.90 bits per heavy atom. The van der Waals surface area contributed by atoms with E-state index in [1.165, 1.54) is 26.7 Å². The van der Waals surface area contributed by atoms with Crippen molar-refractivity contribution in [1.82, 2.24) is 9.88 Å². The van der Waals surface area contributed by atoms with Gasteiger partial charge >= 0.3 is 0 Å². The van der Waals surface area contributed by atoms with E-state index in [9.17, 15) is 0 Å². The first-order valence-corrected chi connectivity index (χ1v) is 8.09. The van der Waals surface area contributed by atoms with Gasteiger partial charge in [0.1, 0.15) is 5.01 Å². The zero-order chi connectivity index (χ0) is 13.4. The van der Waals surface area contributed by atoms with Crippen LogP contribution in [0.2, 0.25) is 0 Å². The third kappa shape index (κ3) is 2.28. The predicted octanol–water partition coefficient (Wildman–Crippen LogP) is 2.74. The molecule has 1 saturated heterocycles. The lowest BCUT2D eigenvalue weighted by Gasteiger charge is -2.25. The van der Waals surface area contributed by atoms with Crippen LogP contribution in [-0.2, 0) is 24.1 Å². The summed E-state index contributed by atoms with van der Waals surface area (Å²) in [6.07, 6.45) is 2.30. The Balaban J connectivity index is 1.61. The average Bonchev–Trinajstić information content (AvgIpc) is 2.91. The van der Waals surface area contributed by atoms with Gasteiger partial charge in [0.2, 0.25) is 0 Å². The van der Waals surface area contributed by atoms with E-state index in [1.807, 2.05) is 11.3 Å². The molecule has 2 aliphatic rings. The summed E-state index contributed by atoms with van der Waals surface area (Å²) < 4.78 is 5.41. The van der Waals surface area contributed by atoms with Gasteiger partial charge < -0.3 is 4.74 Å². The quantitative estimate of drug-likeness (QED) is 0.849. The number of ether oxygens (including phenoxy) is 1. The summed E-state index contributed by atoms with van der Waals surface area (Å²) in [5.41, 5.74) is 4.03. The molecule has 0 unspecified atom stereocenters. The Morgan fingerprint density at radius 1 is 1.15 bits per heavy atom. The van der Waals surface area contributed by atoms with Crippen molar-refractivity contribution in [3.8, 4) is 11.3 Å². The van der Waals surface area contributed by atoms with Crippen LogP contribution in [0.1, 0.15) is 15.4 Å². The van der Waals surface area contributed by atoms with Gasteiger partial charge in [-0.15, -0.1) is 11.3 Å². The summed E-state index contributed by atoms with van der Waals surface area (Å²) in [5.74, 6) is 0. The van der Waals surface area contributed by atoms with E-state index in [0.29, 0.717) is 0 Å². The normalized spacial score (nSPS) is 18.6. The first-order chi connectivity index (χ1) is 9.90. The highest BCUT2D eigenvalue weighted by atomic mass is 32.1. The predicted molar refractivity (Wildman–Crippen MR) is 81.1 cm³/mol. The number of benzene rings is 1. The smallest absolute Gasteiger partial charge is 0.108 e. The Bertz CT molecular complexity index is 617. The summed E-state index contributed by atoms with van der Waals surface area (Å²) in [7, 11) is 0. The molecule has 1 aliphatic heterocycles. The largest absolute Gasteiger partial charge is 0.379 e. The first kappa shape index (κ1) is 12.5. The number of hydrogen-bond acceptors (Lipinski definition) is 4. The maximum Gasteiger partial charge on any atom is 0.108 e. The van der Waals surface area contributed by atoms with Gasteiger partial charge in [-0.05, 0) is 18.4 Å². The standard InChI is InChI=1S/C16H18N2OS/c1-2-4-13-12(3-1)5-6-14-16(13)17-15(20-14)11-18-7-9-19-10-8-18/h1-4H,5-11H2. The zero-order valence-corrected chi connectivity index (χ0v) is 12.3. The van der Waals surface area contributed by atoms with Crippen LogP contribution in [0.15, 0.2) is 24.3 Å². The van der Waals surface area contributed by atoms with Crippen LogP contribution < -0.4 is 0 Å². The molecule has 1 aliphatic carbocycles. The number of nitrogens with zero attached hydrogens (tertiary/aromatic N) is 2. The number of aryl methyl sites for hydroxylation is 2. The third-order valence-corrected chi connectivity index (χ3v) is 5.20. The fourth-order valence-corrected chi connectivity index (χ4v) is 4.14. The van der Waals surface area contributed by atoms with Gasteiger partial charge in [-0.25, -0.2) is 4.98 Å². The molecule has 1 fully saturated rings. The molecule has 2 aromatic rings. The van der Waals surface area contributed by atoms with Gasteiger partial charge in [0.15, 0.2) is 0 Å². The van der Waals surface area contributed by atoms with Crippen LogP contribution in [0.5, 0.6) is 0 Å². The maximum absolute atomic E-state index is 5.41. The zero-order valence-electron chi connectivity index (χ0n) is 11.5. The number of hydrogen-bond donors (Lipinski definition) is 0. The number of thiazole rings is 1. The van der Waals surface area contributed by atoms with Crippen molar-refractivity contribution >= 4 is 11.3 Å². The van der Waals surface area contributed by atoms with Crippen molar-refractivity contribution in [3.63, 3.8) is 0 Å². The summed E-state index contributed by atoms with van der Waals surface area (Å²) >= 11 is 1.90. The number of fused-ring (bicyclic) bond motifs is 3. The van der Waals surface area contributed by atoms with Crippen molar-refractivity contribution < 1.29 is 4.74 Å². The van der Waals surface area contributed by atoms with Crippen LogP contribution in [0, 0.1) is 0 Å². The van der Waals surface area contributed by atoms with Crippen molar-refractivity contribution in [2.45, 2.75) is 19.4 Å². The van der Waals surface area contributed by atoms with Crippen LogP contribution in [0.4, 0.5) is 0 Å². The highest BCUT2D eigenvalue weighted by molar-refractivity contribution is 7.12. The van der Waals surface area contributed by atoms with E-state index in [-0.39, 0.29) is 0 Å². The van der Waals surface area contributed by atoms with E-state index >= 15 is 0 Å². The molecule has 20 heavy (non-hydrogen) atoms. The SMILES string of the molecule is c1ccc2c(c1)CCc1sc(CN3CCOCC3)nc1-2. The molecule has 4 heteroatoms. The van der Waals surface area contributed by atoms with Crippen LogP contribution in [0.25, 0.3) is 11.3 Å². The number of morpholine rings is 1. The van der Waals surface area contributed by atoms with Crippen molar-refractivity contribution in [2.75, 3.05) is 26.3 Å². The minimum absolute atomic E-state index is 0.855. The Labute approximate surface area is 123 Å². The van der Waals surface area contributed by atoms with Gasteiger partial charge in [-0.1, -0.05) is 24.3 Å². The molecule has 0 N–H and O–H groups in total. The van der Waals surface area contributed by atoms with Gasteiger partial charge in [0.25, 0.3) is 0 Å². The summed E-state index contributed by atoms with van der Waals surface area (Å²) in [5, 5.41) is 1.26. The maximum atomic E-state index is 5.41.